The molecule has 0 aliphatic carbocycles. The smallest absolute Gasteiger partial charge is 0.407 e. The molecule has 1 aliphatic heterocycles. The number of likely N-dealkylation sites (tertiary alicyclic amines) is 1. The van der Waals surface area contributed by atoms with Crippen LogP contribution in [0.25, 0.3) is 0 Å². The zero-order valence-electron chi connectivity index (χ0n) is 18.0. The number of nitrogens with zero attached hydrogens (tertiary/aromatic N) is 1. The van der Waals surface area contributed by atoms with Gasteiger partial charge in [-0.05, 0) is 38.7 Å². The van der Waals surface area contributed by atoms with Crippen molar-refractivity contribution < 1.29 is 19.1 Å². The van der Waals surface area contributed by atoms with Crippen LogP contribution in [0.3, 0.4) is 0 Å². The molecule has 1 aliphatic rings. The zero-order chi connectivity index (χ0) is 21.6. The van der Waals surface area contributed by atoms with Gasteiger partial charge in [0.15, 0.2) is 0 Å². The van der Waals surface area contributed by atoms with Gasteiger partial charge < -0.3 is 20.3 Å². The summed E-state index contributed by atoms with van der Waals surface area (Å²) in [5, 5.41) is 5.71. The van der Waals surface area contributed by atoms with Crippen molar-refractivity contribution in [2.75, 3.05) is 13.1 Å². The lowest BCUT2D eigenvalue weighted by Gasteiger charge is -2.27. The lowest BCUT2D eigenvalue weighted by Crippen LogP contribution is -2.51. The van der Waals surface area contributed by atoms with E-state index >= 15 is 0 Å². The summed E-state index contributed by atoms with van der Waals surface area (Å²) in [7, 11) is 0. The normalized spacial score (nSPS) is 17.7. The van der Waals surface area contributed by atoms with Crippen molar-refractivity contribution in [2.45, 2.75) is 65.1 Å². The van der Waals surface area contributed by atoms with Crippen LogP contribution in [0.4, 0.5) is 4.79 Å². The van der Waals surface area contributed by atoms with E-state index in [1.54, 1.807) is 4.90 Å². The summed E-state index contributed by atoms with van der Waals surface area (Å²) in [5.74, 6) is -0.333. The maximum absolute atomic E-state index is 13.0. The minimum atomic E-state index is -0.591. The number of carbonyl (C=O) groups is 3. The van der Waals surface area contributed by atoms with E-state index in [1.807, 2.05) is 65.0 Å². The molecule has 1 aromatic rings. The summed E-state index contributed by atoms with van der Waals surface area (Å²) in [6.07, 6.45) is 0.418. The van der Waals surface area contributed by atoms with Crippen molar-refractivity contribution in [2.24, 2.45) is 5.92 Å². The van der Waals surface area contributed by atoms with E-state index in [0.717, 1.165) is 5.56 Å². The Bertz CT molecular complexity index is 713. The minimum absolute atomic E-state index is 0.0416. The van der Waals surface area contributed by atoms with Crippen molar-refractivity contribution in [3.63, 3.8) is 0 Å². The van der Waals surface area contributed by atoms with Gasteiger partial charge in [0.05, 0.1) is 12.5 Å². The van der Waals surface area contributed by atoms with Crippen molar-refractivity contribution in [1.29, 1.82) is 0 Å². The van der Waals surface area contributed by atoms with E-state index in [-0.39, 0.29) is 30.2 Å². The van der Waals surface area contributed by atoms with Crippen LogP contribution >= 0.6 is 0 Å². The first-order chi connectivity index (χ1) is 13.5. The van der Waals surface area contributed by atoms with Gasteiger partial charge in [-0.1, -0.05) is 44.2 Å². The summed E-state index contributed by atoms with van der Waals surface area (Å²) in [6.45, 7) is 10.2. The van der Waals surface area contributed by atoms with Gasteiger partial charge >= 0.3 is 6.09 Å². The van der Waals surface area contributed by atoms with Crippen molar-refractivity contribution >= 4 is 17.9 Å². The highest BCUT2D eigenvalue weighted by atomic mass is 16.6. The molecule has 3 amide bonds. The number of carbonyl (C=O) groups excluding carboxylic acids is 3. The van der Waals surface area contributed by atoms with Crippen LogP contribution in [0.1, 0.15) is 46.6 Å². The number of hydrogen-bond acceptors (Lipinski definition) is 4. The molecular weight excluding hydrogens is 370 g/mol. The summed E-state index contributed by atoms with van der Waals surface area (Å²) < 4.78 is 5.28. The van der Waals surface area contributed by atoms with Crippen LogP contribution in [0, 0.1) is 5.92 Å². The SMILES string of the molecule is CC(C)[C@H](NC(=O)Cc1ccccc1)C(=O)N1CC[C@H](NC(=O)OC(C)(C)C)C1. The molecule has 2 rings (SSSR count). The number of rotatable bonds is 6. The molecule has 0 aromatic heterocycles. The Morgan fingerprint density at radius 1 is 1.17 bits per heavy atom. The summed E-state index contributed by atoms with van der Waals surface area (Å²) in [6, 6.07) is 8.70. The van der Waals surface area contributed by atoms with Crippen molar-refractivity contribution in [3.05, 3.63) is 35.9 Å². The Labute approximate surface area is 173 Å². The Hall–Kier alpha value is -2.57. The number of hydrogen-bond donors (Lipinski definition) is 2. The standard InChI is InChI=1S/C22H33N3O4/c1-15(2)19(24-18(26)13-16-9-7-6-8-10-16)20(27)25-12-11-17(14-25)23-21(28)29-22(3,4)5/h6-10,15,17,19H,11-14H2,1-5H3,(H,23,28)(H,24,26)/t17-,19-/m0/s1. The second kappa shape index (κ2) is 9.76. The maximum Gasteiger partial charge on any atom is 0.407 e. The first-order valence-electron chi connectivity index (χ1n) is 10.2. The van der Waals surface area contributed by atoms with Crippen LogP contribution in [0.15, 0.2) is 30.3 Å². The van der Waals surface area contributed by atoms with E-state index in [2.05, 4.69) is 10.6 Å². The fourth-order valence-corrected chi connectivity index (χ4v) is 3.27. The van der Waals surface area contributed by atoms with E-state index in [1.165, 1.54) is 0 Å². The molecule has 1 heterocycles. The zero-order valence-corrected chi connectivity index (χ0v) is 18.0. The molecule has 1 fully saturated rings. The van der Waals surface area contributed by atoms with Crippen molar-refractivity contribution in [1.82, 2.24) is 15.5 Å². The molecule has 7 heteroatoms. The van der Waals surface area contributed by atoms with E-state index in [0.29, 0.717) is 19.5 Å². The number of benzene rings is 1. The molecule has 2 atom stereocenters. The summed E-state index contributed by atoms with van der Waals surface area (Å²) in [5.41, 5.74) is 0.340. The second-order valence-electron chi connectivity index (χ2n) is 8.87. The Morgan fingerprint density at radius 3 is 2.41 bits per heavy atom. The fourth-order valence-electron chi connectivity index (χ4n) is 3.27. The third-order valence-electron chi connectivity index (χ3n) is 4.68. The van der Waals surface area contributed by atoms with E-state index in [4.69, 9.17) is 4.74 Å². The predicted molar refractivity (Wildman–Crippen MR) is 111 cm³/mol. The number of ether oxygens (including phenoxy) is 1. The van der Waals surface area contributed by atoms with Crippen LogP contribution in [0.5, 0.6) is 0 Å². The molecule has 1 saturated heterocycles. The molecule has 0 saturated carbocycles. The van der Waals surface area contributed by atoms with Gasteiger partial charge in [0, 0.05) is 13.1 Å². The Kier molecular flexibility index (Phi) is 7.65. The number of nitrogens with one attached hydrogen (secondary N) is 2. The molecule has 7 nitrogen and oxygen atoms in total. The van der Waals surface area contributed by atoms with E-state index < -0.39 is 17.7 Å². The van der Waals surface area contributed by atoms with Crippen LogP contribution in [-0.2, 0) is 20.7 Å². The molecule has 29 heavy (non-hydrogen) atoms. The average molecular weight is 404 g/mol. The van der Waals surface area contributed by atoms with Gasteiger partial charge in [0.25, 0.3) is 0 Å². The average Bonchev–Trinajstić information content (AvgIpc) is 3.06. The lowest BCUT2D eigenvalue weighted by atomic mass is 10.0. The number of amides is 3. The van der Waals surface area contributed by atoms with Gasteiger partial charge in [-0.15, -0.1) is 0 Å². The fraction of sp³-hybridized carbons (Fsp3) is 0.591. The van der Waals surface area contributed by atoms with Gasteiger partial charge in [0.1, 0.15) is 11.6 Å². The van der Waals surface area contributed by atoms with Gasteiger partial charge in [-0.25, -0.2) is 4.79 Å². The Balaban J connectivity index is 1.90. The monoisotopic (exact) mass is 403 g/mol. The predicted octanol–water partition coefficient (Wildman–Crippen LogP) is 2.50. The highest BCUT2D eigenvalue weighted by Gasteiger charge is 2.34. The highest BCUT2D eigenvalue weighted by molar-refractivity contribution is 5.89. The van der Waals surface area contributed by atoms with Gasteiger partial charge in [0.2, 0.25) is 11.8 Å². The lowest BCUT2D eigenvalue weighted by molar-refractivity contribution is -0.136. The van der Waals surface area contributed by atoms with Gasteiger partial charge in [-0.3, -0.25) is 9.59 Å². The summed E-state index contributed by atoms with van der Waals surface area (Å²) in [4.78, 5) is 39.1. The molecule has 0 radical (unpaired) electrons. The molecule has 160 valence electrons. The minimum Gasteiger partial charge on any atom is -0.444 e. The first-order valence-corrected chi connectivity index (χ1v) is 10.2. The van der Waals surface area contributed by atoms with Gasteiger partial charge in [-0.2, -0.15) is 0 Å². The quantitative estimate of drug-likeness (QED) is 0.764. The molecule has 0 unspecified atom stereocenters. The molecular formula is C22H33N3O4. The van der Waals surface area contributed by atoms with Crippen molar-refractivity contribution in [3.8, 4) is 0 Å². The maximum atomic E-state index is 13.0. The second-order valence-corrected chi connectivity index (χ2v) is 8.87. The van der Waals surface area contributed by atoms with Crippen LogP contribution < -0.4 is 10.6 Å². The summed E-state index contributed by atoms with van der Waals surface area (Å²) >= 11 is 0. The largest absolute Gasteiger partial charge is 0.444 e. The molecule has 2 N–H and O–H groups in total. The van der Waals surface area contributed by atoms with Crippen LogP contribution in [0.2, 0.25) is 0 Å². The Morgan fingerprint density at radius 2 is 1.83 bits per heavy atom. The van der Waals surface area contributed by atoms with E-state index in [9.17, 15) is 14.4 Å². The first kappa shape index (κ1) is 22.7. The molecule has 0 spiro atoms. The molecule has 0 bridgehead atoms. The topological polar surface area (TPSA) is 87.7 Å². The molecule has 1 aromatic carbocycles. The number of alkyl carbamates (subject to hydrolysis) is 1. The third-order valence-corrected chi connectivity index (χ3v) is 4.68. The van der Waals surface area contributed by atoms with Crippen LogP contribution in [-0.4, -0.2) is 53.6 Å². The highest BCUT2D eigenvalue weighted by Crippen LogP contribution is 2.15. The third kappa shape index (κ3) is 7.40.